The van der Waals surface area contributed by atoms with Crippen molar-refractivity contribution < 1.29 is 14.3 Å². The van der Waals surface area contributed by atoms with Crippen LogP contribution in [0.25, 0.3) is 0 Å². The summed E-state index contributed by atoms with van der Waals surface area (Å²) in [6.07, 6.45) is 0. The molecule has 1 aromatic carbocycles. The smallest absolute Gasteiger partial charge is 0.315 e. The maximum absolute atomic E-state index is 13.5. The van der Waals surface area contributed by atoms with Crippen LogP contribution in [-0.2, 0) is 0 Å². The first-order chi connectivity index (χ1) is 10.9. The van der Waals surface area contributed by atoms with Gasteiger partial charge in [-0.1, -0.05) is 31.5 Å². The van der Waals surface area contributed by atoms with Crippen molar-refractivity contribution in [3.63, 3.8) is 0 Å². The fourth-order valence-electron chi connectivity index (χ4n) is 2.39. The summed E-state index contributed by atoms with van der Waals surface area (Å²) in [7, 11) is 0. The second-order valence-corrected chi connectivity index (χ2v) is 5.74. The molecule has 0 aromatic heterocycles. The Morgan fingerprint density at radius 1 is 1.39 bits per heavy atom. The number of amides is 2. The lowest BCUT2D eigenvalue weighted by Gasteiger charge is -2.27. The molecular formula is C16H25ClFN3O2. The zero-order valence-corrected chi connectivity index (χ0v) is 14.5. The zero-order chi connectivity index (χ0) is 17.4. The maximum atomic E-state index is 13.5. The number of urea groups is 1. The van der Waals surface area contributed by atoms with Gasteiger partial charge >= 0.3 is 6.03 Å². The van der Waals surface area contributed by atoms with Crippen molar-refractivity contribution in [1.82, 2.24) is 15.5 Å². The van der Waals surface area contributed by atoms with Crippen LogP contribution in [0, 0.1) is 5.82 Å². The normalized spacial score (nSPS) is 13.7. The van der Waals surface area contributed by atoms with Gasteiger partial charge in [0, 0.05) is 12.6 Å². The quantitative estimate of drug-likeness (QED) is 0.678. The average Bonchev–Trinajstić information content (AvgIpc) is 2.54. The van der Waals surface area contributed by atoms with Crippen LogP contribution in [0.3, 0.4) is 0 Å². The fourth-order valence-corrected chi connectivity index (χ4v) is 2.51. The van der Waals surface area contributed by atoms with E-state index in [0.29, 0.717) is 12.1 Å². The second kappa shape index (κ2) is 9.70. The Morgan fingerprint density at radius 2 is 2.04 bits per heavy atom. The van der Waals surface area contributed by atoms with Gasteiger partial charge in [-0.2, -0.15) is 0 Å². The molecule has 0 aliphatic rings. The van der Waals surface area contributed by atoms with Crippen LogP contribution < -0.4 is 10.6 Å². The minimum Gasteiger partial charge on any atom is -0.394 e. The largest absolute Gasteiger partial charge is 0.394 e. The Morgan fingerprint density at radius 3 is 2.57 bits per heavy atom. The van der Waals surface area contributed by atoms with Gasteiger partial charge in [0.15, 0.2) is 0 Å². The third-order valence-electron chi connectivity index (χ3n) is 3.83. The lowest BCUT2D eigenvalue weighted by molar-refractivity contribution is 0.204. The Hall–Kier alpha value is -1.37. The van der Waals surface area contributed by atoms with E-state index in [1.807, 2.05) is 6.92 Å². The second-order valence-electron chi connectivity index (χ2n) is 5.33. The number of likely N-dealkylation sites (N-methyl/N-ethyl adjacent to an activating group) is 1. The van der Waals surface area contributed by atoms with Crippen molar-refractivity contribution in [2.45, 2.75) is 32.9 Å². The van der Waals surface area contributed by atoms with E-state index in [1.165, 1.54) is 12.1 Å². The summed E-state index contributed by atoms with van der Waals surface area (Å²) < 4.78 is 13.5. The molecule has 0 aliphatic carbocycles. The van der Waals surface area contributed by atoms with Crippen molar-refractivity contribution in [2.75, 3.05) is 26.2 Å². The molecule has 3 N–H and O–H groups in total. The first-order valence-electron chi connectivity index (χ1n) is 7.77. The Labute approximate surface area is 141 Å². The van der Waals surface area contributed by atoms with E-state index in [2.05, 4.69) is 29.4 Å². The molecule has 23 heavy (non-hydrogen) atoms. The van der Waals surface area contributed by atoms with Gasteiger partial charge in [0.25, 0.3) is 0 Å². The molecule has 2 atom stereocenters. The number of halogens is 2. The number of benzene rings is 1. The number of hydrogen-bond donors (Lipinski definition) is 3. The molecule has 1 aromatic rings. The number of nitrogens with zero attached hydrogens (tertiary/aromatic N) is 1. The summed E-state index contributed by atoms with van der Waals surface area (Å²) in [4.78, 5) is 14.2. The first kappa shape index (κ1) is 19.7. The van der Waals surface area contributed by atoms with E-state index in [0.717, 1.165) is 13.1 Å². The van der Waals surface area contributed by atoms with Crippen molar-refractivity contribution in [3.05, 3.63) is 34.6 Å². The van der Waals surface area contributed by atoms with E-state index in [-0.39, 0.29) is 17.7 Å². The molecule has 0 spiro atoms. The van der Waals surface area contributed by atoms with Gasteiger partial charge < -0.3 is 15.7 Å². The molecule has 5 nitrogen and oxygen atoms in total. The number of rotatable bonds is 8. The van der Waals surface area contributed by atoms with E-state index in [4.69, 9.17) is 11.6 Å². The van der Waals surface area contributed by atoms with Crippen LogP contribution in [0.4, 0.5) is 9.18 Å². The van der Waals surface area contributed by atoms with Gasteiger partial charge in [0.05, 0.1) is 17.7 Å². The summed E-state index contributed by atoms with van der Waals surface area (Å²) >= 11 is 5.63. The monoisotopic (exact) mass is 345 g/mol. The van der Waals surface area contributed by atoms with E-state index in [1.54, 1.807) is 6.07 Å². The van der Waals surface area contributed by atoms with E-state index >= 15 is 0 Å². The highest BCUT2D eigenvalue weighted by molar-refractivity contribution is 6.30. The molecule has 0 fully saturated rings. The van der Waals surface area contributed by atoms with Crippen LogP contribution >= 0.6 is 11.6 Å². The molecule has 0 saturated carbocycles. The molecule has 7 heteroatoms. The van der Waals surface area contributed by atoms with E-state index < -0.39 is 17.9 Å². The third-order valence-corrected chi connectivity index (χ3v) is 4.13. The van der Waals surface area contributed by atoms with Crippen LogP contribution in [-0.4, -0.2) is 48.3 Å². The van der Waals surface area contributed by atoms with Crippen LogP contribution in [0.5, 0.6) is 0 Å². The highest BCUT2D eigenvalue weighted by Crippen LogP contribution is 2.20. The number of hydrogen-bond acceptors (Lipinski definition) is 3. The molecule has 0 aliphatic heterocycles. The molecular weight excluding hydrogens is 321 g/mol. The van der Waals surface area contributed by atoms with Crippen LogP contribution in [0.1, 0.15) is 32.4 Å². The minimum atomic E-state index is -0.689. The topological polar surface area (TPSA) is 64.6 Å². The van der Waals surface area contributed by atoms with Crippen molar-refractivity contribution >= 4 is 17.6 Å². The number of carbonyl (C=O) groups is 1. The van der Waals surface area contributed by atoms with E-state index in [9.17, 15) is 14.3 Å². The predicted molar refractivity (Wildman–Crippen MR) is 90.2 cm³/mol. The average molecular weight is 346 g/mol. The predicted octanol–water partition coefficient (Wildman–Crippen LogP) is 2.54. The molecule has 1 rings (SSSR count). The van der Waals surface area contributed by atoms with Gasteiger partial charge in [-0.3, -0.25) is 4.90 Å². The van der Waals surface area contributed by atoms with Gasteiger partial charge in [-0.25, -0.2) is 9.18 Å². The van der Waals surface area contributed by atoms with Crippen molar-refractivity contribution in [2.24, 2.45) is 0 Å². The standard InChI is InChI=1S/C16H25ClFN3O2/c1-4-21(5-2)11(3)9-19-16(23)20-15(10-22)12-6-7-13(17)14(18)8-12/h6-8,11,15,22H,4-5,9-10H2,1-3H3,(H2,19,20,23). The number of aliphatic hydroxyl groups excluding tert-OH is 1. The summed E-state index contributed by atoms with van der Waals surface area (Å²) in [5.41, 5.74) is 0.460. The highest BCUT2D eigenvalue weighted by Gasteiger charge is 2.16. The molecule has 2 amide bonds. The zero-order valence-electron chi connectivity index (χ0n) is 13.8. The van der Waals surface area contributed by atoms with Crippen molar-refractivity contribution in [1.29, 1.82) is 0 Å². The number of carbonyl (C=O) groups excluding carboxylic acids is 1. The highest BCUT2D eigenvalue weighted by atomic mass is 35.5. The number of nitrogens with one attached hydrogen (secondary N) is 2. The summed E-state index contributed by atoms with van der Waals surface area (Å²) in [5, 5.41) is 14.8. The lowest BCUT2D eigenvalue weighted by atomic mass is 10.1. The number of aliphatic hydroxyl groups is 1. The Balaban J connectivity index is 2.58. The molecule has 0 saturated heterocycles. The fraction of sp³-hybridized carbons (Fsp3) is 0.562. The molecule has 0 heterocycles. The summed E-state index contributed by atoms with van der Waals surface area (Å²) in [6.45, 7) is 8.13. The first-order valence-corrected chi connectivity index (χ1v) is 8.14. The molecule has 2 unspecified atom stereocenters. The lowest BCUT2D eigenvalue weighted by Crippen LogP contribution is -2.46. The molecule has 0 bridgehead atoms. The summed E-state index contributed by atoms with van der Waals surface area (Å²) in [5.74, 6) is -0.583. The molecule has 0 radical (unpaired) electrons. The Kier molecular flexibility index (Phi) is 8.30. The van der Waals surface area contributed by atoms with Crippen LogP contribution in [0.15, 0.2) is 18.2 Å². The Bertz CT molecular complexity index is 512. The van der Waals surface area contributed by atoms with Gasteiger partial charge in [-0.05, 0) is 37.7 Å². The van der Waals surface area contributed by atoms with Gasteiger partial charge in [0.2, 0.25) is 0 Å². The minimum absolute atomic E-state index is 0.00272. The van der Waals surface area contributed by atoms with Gasteiger partial charge in [0.1, 0.15) is 5.82 Å². The molecule has 130 valence electrons. The third kappa shape index (κ3) is 5.97. The SMILES string of the molecule is CCN(CC)C(C)CNC(=O)NC(CO)c1ccc(Cl)c(F)c1. The van der Waals surface area contributed by atoms with Crippen LogP contribution in [0.2, 0.25) is 5.02 Å². The maximum Gasteiger partial charge on any atom is 0.315 e. The summed E-state index contributed by atoms with van der Waals surface area (Å²) in [6, 6.07) is 3.30. The van der Waals surface area contributed by atoms with Gasteiger partial charge in [-0.15, -0.1) is 0 Å². The van der Waals surface area contributed by atoms with Crippen molar-refractivity contribution in [3.8, 4) is 0 Å².